The highest BCUT2D eigenvalue weighted by Crippen LogP contribution is 2.37. The van der Waals surface area contributed by atoms with Crippen molar-refractivity contribution in [3.8, 4) is 17.1 Å². The van der Waals surface area contributed by atoms with Gasteiger partial charge in [-0.1, -0.05) is 6.07 Å². The summed E-state index contributed by atoms with van der Waals surface area (Å²) in [4.78, 5) is 25.0. The van der Waals surface area contributed by atoms with Gasteiger partial charge in [0.2, 0.25) is 0 Å². The van der Waals surface area contributed by atoms with E-state index in [4.69, 9.17) is 8.85 Å². The average Bonchev–Trinajstić information content (AvgIpc) is 3.23. The summed E-state index contributed by atoms with van der Waals surface area (Å²) in [5.74, 6) is -0.0258. The van der Waals surface area contributed by atoms with Gasteiger partial charge in [0, 0.05) is 42.7 Å². The van der Waals surface area contributed by atoms with Crippen molar-refractivity contribution in [1.82, 2.24) is 30.0 Å². The van der Waals surface area contributed by atoms with Gasteiger partial charge in [0.1, 0.15) is 5.82 Å². The van der Waals surface area contributed by atoms with E-state index < -0.39 is 18.7 Å². The zero-order chi connectivity index (χ0) is 25.9. The number of carbonyl (C=O) groups is 1. The largest absolute Gasteiger partial charge is 0.494 e. The molecule has 11 heteroatoms. The van der Waals surface area contributed by atoms with Crippen LogP contribution in [-0.4, -0.2) is 44.7 Å². The summed E-state index contributed by atoms with van der Waals surface area (Å²) in [6.45, 7) is -2.70. The number of nitrogens with one attached hydrogen (secondary N) is 3. The summed E-state index contributed by atoms with van der Waals surface area (Å²) in [5.41, 5.74) is 1.10. The second-order valence-electron chi connectivity index (χ2n) is 6.81. The Hall–Kier alpha value is -4.54. The smallest absolute Gasteiger partial charge is 0.254 e. The van der Waals surface area contributed by atoms with Crippen LogP contribution < -0.4 is 20.7 Å². The summed E-state index contributed by atoms with van der Waals surface area (Å²) in [6.07, 6.45) is 5.07. The Morgan fingerprint density at radius 2 is 1.91 bits per heavy atom. The third kappa shape index (κ3) is 4.71. The third-order valence-electron chi connectivity index (χ3n) is 4.58. The Bertz CT molecular complexity index is 1390. The molecule has 168 valence electrons. The highest BCUT2D eigenvalue weighted by atomic mass is 19.1. The van der Waals surface area contributed by atoms with Gasteiger partial charge in [-0.25, -0.2) is 19.3 Å². The summed E-state index contributed by atoms with van der Waals surface area (Å²) in [5, 5.41) is 12.3. The summed E-state index contributed by atoms with van der Waals surface area (Å²) in [7, 11) is 3.20. The molecule has 0 fully saturated rings. The standard InChI is InChI=1S/C22H21FN8O2/c1-24-22(32)15-12-25-19(29-18-7-8-31(2)30-18)9-17(15)28-16-6-4-5-14(20(16)33-3)21-26-10-13(23)11-27-21/h4-12H,1-3H3,(H,24,32)(H2,25,28,29,30)/i1D3. The van der Waals surface area contributed by atoms with Crippen LogP contribution in [0.15, 0.2) is 55.1 Å². The lowest BCUT2D eigenvalue weighted by Gasteiger charge is -2.17. The highest BCUT2D eigenvalue weighted by Gasteiger charge is 2.17. The van der Waals surface area contributed by atoms with Gasteiger partial charge in [-0.3, -0.25) is 9.48 Å². The molecule has 0 aliphatic carbocycles. The van der Waals surface area contributed by atoms with Crippen molar-refractivity contribution in [3.63, 3.8) is 0 Å². The van der Waals surface area contributed by atoms with Gasteiger partial charge < -0.3 is 20.7 Å². The summed E-state index contributed by atoms with van der Waals surface area (Å²) >= 11 is 0. The van der Waals surface area contributed by atoms with Crippen LogP contribution in [0.1, 0.15) is 14.5 Å². The maximum absolute atomic E-state index is 13.3. The summed E-state index contributed by atoms with van der Waals surface area (Å²) < 4.78 is 42.6. The first-order valence-electron chi connectivity index (χ1n) is 11.1. The molecular formula is C22H21FN8O2. The van der Waals surface area contributed by atoms with Gasteiger partial charge in [-0.15, -0.1) is 0 Å². The molecule has 0 radical (unpaired) electrons. The van der Waals surface area contributed by atoms with E-state index in [2.05, 4.69) is 30.7 Å². The molecule has 0 saturated heterocycles. The van der Waals surface area contributed by atoms with Crippen LogP contribution in [0.3, 0.4) is 0 Å². The van der Waals surface area contributed by atoms with Crippen molar-refractivity contribution < 1.29 is 18.0 Å². The number of rotatable bonds is 7. The minimum atomic E-state index is -2.70. The van der Waals surface area contributed by atoms with E-state index in [9.17, 15) is 9.18 Å². The number of para-hydroxylation sites is 1. The van der Waals surface area contributed by atoms with E-state index in [1.54, 1.807) is 42.2 Å². The van der Waals surface area contributed by atoms with Gasteiger partial charge in [-0.2, -0.15) is 5.10 Å². The lowest BCUT2D eigenvalue weighted by molar-refractivity contribution is 0.0963. The number of amides is 1. The molecule has 0 saturated carbocycles. The highest BCUT2D eigenvalue weighted by molar-refractivity contribution is 6.00. The molecule has 4 aromatic rings. The monoisotopic (exact) mass is 451 g/mol. The van der Waals surface area contributed by atoms with Gasteiger partial charge in [0.25, 0.3) is 5.91 Å². The Kier molecular flexibility index (Phi) is 5.09. The van der Waals surface area contributed by atoms with Crippen LogP contribution in [0.5, 0.6) is 5.75 Å². The van der Waals surface area contributed by atoms with E-state index in [0.717, 1.165) is 12.4 Å². The second kappa shape index (κ2) is 9.30. The number of methoxy groups -OCH3 is 1. The van der Waals surface area contributed by atoms with Crippen LogP contribution in [0.2, 0.25) is 0 Å². The van der Waals surface area contributed by atoms with E-state index in [1.807, 2.05) is 5.32 Å². The molecule has 1 amide bonds. The fourth-order valence-electron chi connectivity index (χ4n) is 3.12. The molecule has 1 aromatic carbocycles. The van der Waals surface area contributed by atoms with Crippen molar-refractivity contribution >= 4 is 28.9 Å². The van der Waals surface area contributed by atoms with E-state index in [0.29, 0.717) is 28.6 Å². The van der Waals surface area contributed by atoms with Crippen molar-refractivity contribution in [2.45, 2.75) is 0 Å². The first kappa shape index (κ1) is 18.1. The normalized spacial score (nSPS) is 12.3. The summed E-state index contributed by atoms with van der Waals surface area (Å²) in [6, 6.07) is 8.34. The van der Waals surface area contributed by atoms with Crippen molar-refractivity contribution in [2.24, 2.45) is 7.05 Å². The maximum Gasteiger partial charge on any atom is 0.254 e. The molecule has 0 atom stereocenters. The van der Waals surface area contributed by atoms with Crippen LogP contribution in [0.25, 0.3) is 11.4 Å². The number of anilines is 4. The number of nitrogens with zero attached hydrogens (tertiary/aromatic N) is 5. The van der Waals surface area contributed by atoms with Crippen molar-refractivity contribution in [1.29, 1.82) is 0 Å². The Morgan fingerprint density at radius 3 is 2.61 bits per heavy atom. The number of benzene rings is 1. The lowest BCUT2D eigenvalue weighted by atomic mass is 10.1. The minimum Gasteiger partial charge on any atom is -0.494 e. The number of carbonyl (C=O) groups excluding carboxylic acids is 1. The number of hydrogen-bond donors (Lipinski definition) is 3. The second-order valence-corrected chi connectivity index (χ2v) is 6.81. The maximum atomic E-state index is 13.3. The Balaban J connectivity index is 1.75. The fourth-order valence-corrected chi connectivity index (χ4v) is 3.12. The Labute approximate surface area is 193 Å². The molecule has 0 aliphatic heterocycles. The molecule has 0 aliphatic rings. The number of pyridine rings is 1. The topological polar surface area (TPSA) is 119 Å². The molecule has 0 unspecified atom stereocenters. The third-order valence-corrected chi connectivity index (χ3v) is 4.58. The zero-order valence-electron chi connectivity index (χ0n) is 20.6. The van der Waals surface area contributed by atoms with E-state index in [1.165, 1.54) is 19.4 Å². The molecule has 10 nitrogen and oxygen atoms in total. The number of aromatic nitrogens is 5. The van der Waals surface area contributed by atoms with Crippen molar-refractivity contribution in [3.05, 3.63) is 66.5 Å². The number of hydrogen-bond acceptors (Lipinski definition) is 8. The number of halogens is 1. The fraction of sp³-hybridized carbons (Fsp3) is 0.136. The molecule has 3 aromatic heterocycles. The van der Waals surface area contributed by atoms with Gasteiger partial charge in [0.15, 0.2) is 23.2 Å². The van der Waals surface area contributed by atoms with Gasteiger partial charge in [0.05, 0.1) is 42.0 Å². The SMILES string of the molecule is [2H]C([2H])([2H])NC(=O)c1cnc(Nc2ccn(C)n2)cc1Nc1cccc(-c2ncc(F)cn2)c1OC. The first-order valence-corrected chi connectivity index (χ1v) is 9.64. The zero-order valence-corrected chi connectivity index (χ0v) is 17.6. The Morgan fingerprint density at radius 1 is 1.09 bits per heavy atom. The van der Waals surface area contributed by atoms with Gasteiger partial charge >= 0.3 is 0 Å². The van der Waals surface area contributed by atoms with Crippen LogP contribution in [0, 0.1) is 5.82 Å². The molecule has 3 N–H and O–H groups in total. The van der Waals surface area contributed by atoms with Crippen LogP contribution >= 0.6 is 0 Å². The van der Waals surface area contributed by atoms with E-state index in [-0.39, 0.29) is 17.1 Å². The molecule has 3 heterocycles. The first-order chi connectivity index (χ1) is 17.1. The number of aryl methyl sites for hydroxylation is 1. The van der Waals surface area contributed by atoms with Crippen molar-refractivity contribution in [2.75, 3.05) is 24.7 Å². The lowest BCUT2D eigenvalue weighted by Crippen LogP contribution is -2.19. The molecule has 4 rings (SSSR count). The number of ether oxygens (including phenoxy) is 1. The molecule has 0 spiro atoms. The van der Waals surface area contributed by atoms with Crippen LogP contribution in [0.4, 0.5) is 27.4 Å². The predicted octanol–water partition coefficient (Wildman–Crippen LogP) is 3.27. The minimum absolute atomic E-state index is 0.0248. The van der Waals surface area contributed by atoms with Gasteiger partial charge in [-0.05, 0) is 12.1 Å². The molecular weight excluding hydrogens is 427 g/mol. The van der Waals surface area contributed by atoms with Crippen LogP contribution in [-0.2, 0) is 7.05 Å². The molecule has 0 bridgehead atoms. The van der Waals surface area contributed by atoms with E-state index >= 15 is 0 Å². The average molecular weight is 451 g/mol. The molecule has 33 heavy (non-hydrogen) atoms. The predicted molar refractivity (Wildman–Crippen MR) is 121 cm³/mol. The quantitative estimate of drug-likeness (QED) is 0.392.